The van der Waals surface area contributed by atoms with Crippen LogP contribution in [0.15, 0.2) is 91.1 Å². The number of fused-ring (bicyclic) bond motifs is 3. The molecule has 2 aliphatic heterocycles. The van der Waals surface area contributed by atoms with E-state index in [1.54, 1.807) is 16.0 Å². The van der Waals surface area contributed by atoms with E-state index in [0.717, 1.165) is 33.4 Å². The molecule has 1 aliphatic carbocycles. The van der Waals surface area contributed by atoms with Crippen LogP contribution in [0.2, 0.25) is 0 Å². The highest BCUT2D eigenvalue weighted by Gasteiger charge is 2.51. The number of carbonyl (C=O) groups excluding carboxylic acids is 4. The lowest BCUT2D eigenvalue weighted by Crippen LogP contribution is -2.53. The van der Waals surface area contributed by atoms with E-state index < -0.39 is 16.9 Å². The lowest BCUT2D eigenvalue weighted by Gasteiger charge is -2.43. The van der Waals surface area contributed by atoms with Crippen LogP contribution >= 0.6 is 0 Å². The summed E-state index contributed by atoms with van der Waals surface area (Å²) in [6, 6.07) is 26.1. The van der Waals surface area contributed by atoms with Gasteiger partial charge in [0, 0.05) is 43.6 Å². The van der Waals surface area contributed by atoms with Crippen molar-refractivity contribution in [2.24, 2.45) is 11.1 Å². The quantitative estimate of drug-likeness (QED) is 0.179. The largest absolute Gasteiger partial charge is 0.341 e. The van der Waals surface area contributed by atoms with Crippen molar-refractivity contribution in [2.45, 2.75) is 63.6 Å². The first-order valence-electron chi connectivity index (χ1n) is 18.4. The van der Waals surface area contributed by atoms with Crippen LogP contribution < -0.4 is 21.7 Å². The van der Waals surface area contributed by atoms with E-state index in [2.05, 4.69) is 20.9 Å². The molecule has 3 aliphatic rings. The molecule has 7 rings (SSSR count). The molecule has 11 nitrogen and oxygen atoms in total. The molecule has 2 atom stereocenters. The molecule has 53 heavy (non-hydrogen) atoms. The molecule has 4 aromatic rings. The Morgan fingerprint density at radius 3 is 2.40 bits per heavy atom. The average Bonchev–Trinajstić information content (AvgIpc) is 3.70. The predicted molar refractivity (Wildman–Crippen MR) is 204 cm³/mol. The number of nitrogens with one attached hydrogen (secondary N) is 3. The maximum Gasteiger partial charge on any atom is 0.244 e. The molecular formula is C42H47N7O4. The van der Waals surface area contributed by atoms with Crippen LogP contribution in [0.1, 0.15) is 65.6 Å². The van der Waals surface area contributed by atoms with Crippen molar-refractivity contribution >= 4 is 35.1 Å². The van der Waals surface area contributed by atoms with Crippen LogP contribution in [-0.2, 0) is 50.5 Å². The molecule has 0 radical (unpaired) electrons. The third kappa shape index (κ3) is 6.94. The van der Waals surface area contributed by atoms with Gasteiger partial charge in [-0.3, -0.25) is 19.2 Å². The van der Waals surface area contributed by atoms with Crippen molar-refractivity contribution in [3.63, 3.8) is 0 Å². The van der Waals surface area contributed by atoms with E-state index in [-0.39, 0.29) is 36.7 Å². The number of likely N-dealkylation sites (tertiary alicyclic amines) is 1. The van der Waals surface area contributed by atoms with Gasteiger partial charge in [0.1, 0.15) is 18.4 Å². The summed E-state index contributed by atoms with van der Waals surface area (Å²) >= 11 is 0. The molecule has 3 heterocycles. The molecular weight excluding hydrogens is 667 g/mol. The summed E-state index contributed by atoms with van der Waals surface area (Å²) in [4.78, 5) is 63.0. The van der Waals surface area contributed by atoms with Gasteiger partial charge in [-0.25, -0.2) is 4.98 Å². The van der Waals surface area contributed by atoms with Crippen molar-refractivity contribution in [1.82, 2.24) is 20.1 Å². The van der Waals surface area contributed by atoms with Crippen molar-refractivity contribution in [1.29, 1.82) is 0 Å². The van der Waals surface area contributed by atoms with Gasteiger partial charge in [0.05, 0.1) is 10.8 Å². The second kappa shape index (κ2) is 14.9. The number of nitrogens with two attached hydrogens (primary N) is 1. The molecule has 0 saturated carbocycles. The minimum atomic E-state index is -0.766. The van der Waals surface area contributed by atoms with Gasteiger partial charge in [0.25, 0.3) is 0 Å². The Morgan fingerprint density at radius 2 is 1.66 bits per heavy atom. The number of piperidine rings is 1. The standard InChI is InChI=1S/C42H47N7O4/c1-3-41(17-20-48(21-18-41)38(51)36(43)28-10-5-4-6-11-28)40(53)49(26-31-13-8-7-12-30(31)25-44-2)27-35(50)46-33-16-15-29-23-42(24-32(29)22-33)34-14-9-19-45-37(34)47-39(42)52/h4-16,19,22,36,44H,3,17-18,20-21,23-27,43H2,1-2H3,(H,46,50)(H,45,47,52)/t36-,42+/m0/s1. The molecule has 274 valence electrons. The fraction of sp³-hybridized carbons (Fsp3) is 0.357. The summed E-state index contributed by atoms with van der Waals surface area (Å²) in [5.74, 6) is 0.0000759. The summed E-state index contributed by atoms with van der Waals surface area (Å²) in [5, 5.41) is 9.20. The Bertz CT molecular complexity index is 2030. The van der Waals surface area contributed by atoms with Crippen LogP contribution in [0.3, 0.4) is 0 Å². The Hall–Kier alpha value is -5.39. The Kier molecular flexibility index (Phi) is 10.1. The Labute approximate surface area is 310 Å². The summed E-state index contributed by atoms with van der Waals surface area (Å²) in [6.45, 7) is 3.57. The molecule has 11 heteroatoms. The minimum Gasteiger partial charge on any atom is -0.341 e. The van der Waals surface area contributed by atoms with Crippen molar-refractivity contribution in [3.05, 3.63) is 125 Å². The zero-order valence-corrected chi connectivity index (χ0v) is 30.4. The maximum absolute atomic E-state index is 14.7. The fourth-order valence-electron chi connectivity index (χ4n) is 8.41. The van der Waals surface area contributed by atoms with Crippen LogP contribution in [0.4, 0.5) is 11.5 Å². The zero-order valence-electron chi connectivity index (χ0n) is 30.4. The highest BCUT2D eigenvalue weighted by atomic mass is 16.2. The van der Waals surface area contributed by atoms with Gasteiger partial charge in [-0.2, -0.15) is 0 Å². The topological polar surface area (TPSA) is 150 Å². The van der Waals surface area contributed by atoms with Gasteiger partial charge in [0.15, 0.2) is 0 Å². The Morgan fingerprint density at radius 1 is 0.943 bits per heavy atom. The number of amides is 4. The van der Waals surface area contributed by atoms with E-state index in [1.165, 1.54) is 0 Å². The van der Waals surface area contributed by atoms with E-state index in [1.807, 2.05) is 98.9 Å². The number of hydrogen-bond acceptors (Lipinski definition) is 7. The SMILES string of the molecule is CCC1(C(=O)N(CC(=O)Nc2ccc3c(c2)C[C@@]2(C3)C(=O)Nc3ncccc32)Cc2ccccc2CNC)CCN(C(=O)[C@@H](N)c2ccccc2)CC1. The highest BCUT2D eigenvalue weighted by Crippen LogP contribution is 2.47. The molecule has 1 fully saturated rings. The number of anilines is 2. The maximum atomic E-state index is 14.7. The monoisotopic (exact) mass is 713 g/mol. The van der Waals surface area contributed by atoms with Crippen LogP contribution in [0, 0.1) is 5.41 Å². The Balaban J connectivity index is 1.08. The normalized spacial score (nSPS) is 18.9. The number of rotatable bonds is 11. The molecule has 1 saturated heterocycles. The molecule has 0 bridgehead atoms. The van der Waals surface area contributed by atoms with Gasteiger partial charge in [-0.1, -0.05) is 73.7 Å². The smallest absolute Gasteiger partial charge is 0.244 e. The van der Waals surface area contributed by atoms with Crippen molar-refractivity contribution < 1.29 is 19.2 Å². The van der Waals surface area contributed by atoms with E-state index in [4.69, 9.17) is 5.73 Å². The number of hydrogen-bond donors (Lipinski definition) is 4. The first-order chi connectivity index (χ1) is 25.7. The first-order valence-corrected chi connectivity index (χ1v) is 18.4. The van der Waals surface area contributed by atoms with Crippen LogP contribution in [0.25, 0.3) is 0 Å². The first kappa shape index (κ1) is 36.0. The zero-order chi connectivity index (χ0) is 37.2. The second-order valence-electron chi connectivity index (χ2n) is 14.6. The van der Waals surface area contributed by atoms with Gasteiger partial charge in [0.2, 0.25) is 23.6 Å². The number of benzene rings is 3. The number of aromatic nitrogens is 1. The van der Waals surface area contributed by atoms with E-state index in [9.17, 15) is 19.2 Å². The molecule has 1 spiro atoms. The third-order valence-electron chi connectivity index (χ3n) is 11.5. The second-order valence-corrected chi connectivity index (χ2v) is 14.6. The summed E-state index contributed by atoms with van der Waals surface area (Å²) in [7, 11) is 1.88. The molecule has 3 aromatic carbocycles. The lowest BCUT2D eigenvalue weighted by molar-refractivity contribution is -0.150. The summed E-state index contributed by atoms with van der Waals surface area (Å²) in [6.07, 6.45) is 4.29. The van der Waals surface area contributed by atoms with Gasteiger partial charge in [-0.05, 0) is 85.2 Å². The van der Waals surface area contributed by atoms with Crippen LogP contribution in [-0.4, -0.2) is 65.1 Å². The molecule has 1 aromatic heterocycles. The summed E-state index contributed by atoms with van der Waals surface area (Å²) in [5.41, 5.74) is 11.3. The summed E-state index contributed by atoms with van der Waals surface area (Å²) < 4.78 is 0. The minimum absolute atomic E-state index is 0.0558. The van der Waals surface area contributed by atoms with E-state index >= 15 is 0 Å². The highest BCUT2D eigenvalue weighted by molar-refractivity contribution is 6.06. The lowest BCUT2D eigenvalue weighted by atomic mass is 9.74. The van der Waals surface area contributed by atoms with Gasteiger partial charge < -0.3 is 31.5 Å². The van der Waals surface area contributed by atoms with Crippen molar-refractivity contribution in [2.75, 3.05) is 37.3 Å². The number of carbonyl (C=O) groups is 4. The fourth-order valence-corrected chi connectivity index (χ4v) is 8.41. The average molecular weight is 714 g/mol. The van der Waals surface area contributed by atoms with E-state index in [0.29, 0.717) is 63.2 Å². The van der Waals surface area contributed by atoms with Crippen LogP contribution in [0.5, 0.6) is 0 Å². The van der Waals surface area contributed by atoms with Crippen molar-refractivity contribution in [3.8, 4) is 0 Å². The van der Waals surface area contributed by atoms with Gasteiger partial charge >= 0.3 is 0 Å². The number of pyridine rings is 1. The predicted octanol–water partition coefficient (Wildman–Crippen LogP) is 4.48. The van der Waals surface area contributed by atoms with Gasteiger partial charge in [-0.15, -0.1) is 0 Å². The third-order valence-corrected chi connectivity index (χ3v) is 11.5. The molecule has 0 unspecified atom stereocenters. The molecule has 4 amide bonds. The molecule has 5 N–H and O–H groups in total. The number of nitrogens with zero attached hydrogens (tertiary/aromatic N) is 3.